The fraction of sp³-hybridized carbons (Fsp3) is 0.522. The summed E-state index contributed by atoms with van der Waals surface area (Å²) in [5.74, 6) is -0.964. The van der Waals surface area contributed by atoms with Gasteiger partial charge in [0.1, 0.15) is 6.04 Å². The molecule has 3 aliphatic rings. The molecule has 34 heavy (non-hydrogen) atoms. The van der Waals surface area contributed by atoms with Crippen molar-refractivity contribution in [2.75, 3.05) is 26.2 Å². The SMILES string of the molecule is CCN1C(=O)NC(c2ccccc2C(F)(F)F)C2=C1CN(C(C)C(=O)NCC1CCCO1)C2=O. The Morgan fingerprint density at radius 3 is 2.68 bits per heavy atom. The lowest BCUT2D eigenvalue weighted by molar-refractivity contribution is -0.138. The van der Waals surface area contributed by atoms with Crippen LogP contribution in [0.3, 0.4) is 0 Å². The molecule has 0 aromatic heterocycles. The summed E-state index contributed by atoms with van der Waals surface area (Å²) in [6, 6.07) is 2.12. The number of likely N-dealkylation sites (N-methyl/N-ethyl adjacent to an activating group) is 1. The van der Waals surface area contributed by atoms with Crippen molar-refractivity contribution in [2.24, 2.45) is 0 Å². The number of carbonyl (C=O) groups excluding carboxylic acids is 3. The summed E-state index contributed by atoms with van der Waals surface area (Å²) in [6.45, 7) is 4.41. The predicted octanol–water partition coefficient (Wildman–Crippen LogP) is 2.57. The quantitative estimate of drug-likeness (QED) is 0.655. The van der Waals surface area contributed by atoms with Crippen LogP contribution in [0.2, 0.25) is 0 Å². The maximum atomic E-state index is 13.7. The molecule has 1 fully saturated rings. The number of nitrogens with one attached hydrogen (secondary N) is 2. The molecule has 0 spiro atoms. The van der Waals surface area contributed by atoms with Crippen LogP contribution in [0.25, 0.3) is 0 Å². The van der Waals surface area contributed by atoms with Gasteiger partial charge in [-0.25, -0.2) is 4.79 Å². The maximum Gasteiger partial charge on any atom is 0.416 e. The Kier molecular flexibility index (Phi) is 6.57. The third kappa shape index (κ3) is 4.36. The fourth-order valence-corrected chi connectivity index (χ4v) is 4.71. The second-order valence-electron chi connectivity index (χ2n) is 8.56. The molecule has 8 nitrogen and oxygen atoms in total. The Bertz CT molecular complexity index is 1020. The monoisotopic (exact) mass is 480 g/mol. The summed E-state index contributed by atoms with van der Waals surface area (Å²) < 4.78 is 46.6. The fourth-order valence-electron chi connectivity index (χ4n) is 4.71. The molecule has 4 amide bonds. The number of amides is 4. The highest BCUT2D eigenvalue weighted by molar-refractivity contribution is 6.03. The van der Waals surface area contributed by atoms with Crippen molar-refractivity contribution in [1.29, 1.82) is 0 Å². The van der Waals surface area contributed by atoms with E-state index in [1.54, 1.807) is 13.8 Å². The first kappa shape index (κ1) is 24.1. The minimum Gasteiger partial charge on any atom is -0.376 e. The van der Waals surface area contributed by atoms with E-state index in [0.717, 1.165) is 18.9 Å². The van der Waals surface area contributed by atoms with Gasteiger partial charge in [-0.3, -0.25) is 14.5 Å². The van der Waals surface area contributed by atoms with Gasteiger partial charge in [-0.15, -0.1) is 0 Å². The van der Waals surface area contributed by atoms with Crippen molar-refractivity contribution in [3.8, 4) is 0 Å². The van der Waals surface area contributed by atoms with Gasteiger partial charge in [0.15, 0.2) is 0 Å². The Labute approximate surface area is 195 Å². The van der Waals surface area contributed by atoms with Crippen LogP contribution in [0.5, 0.6) is 0 Å². The zero-order valence-electron chi connectivity index (χ0n) is 18.9. The first-order chi connectivity index (χ1) is 16.1. The summed E-state index contributed by atoms with van der Waals surface area (Å²) >= 11 is 0. The van der Waals surface area contributed by atoms with E-state index in [2.05, 4.69) is 10.6 Å². The van der Waals surface area contributed by atoms with Gasteiger partial charge in [0.25, 0.3) is 5.91 Å². The summed E-state index contributed by atoms with van der Waals surface area (Å²) in [5.41, 5.74) is -0.767. The van der Waals surface area contributed by atoms with E-state index >= 15 is 0 Å². The molecule has 2 N–H and O–H groups in total. The number of benzene rings is 1. The van der Waals surface area contributed by atoms with Gasteiger partial charge in [0.05, 0.1) is 35.5 Å². The minimum atomic E-state index is -4.67. The molecule has 1 aromatic carbocycles. The van der Waals surface area contributed by atoms with Gasteiger partial charge in [-0.05, 0) is 38.3 Å². The molecule has 184 valence electrons. The van der Waals surface area contributed by atoms with Crippen LogP contribution < -0.4 is 10.6 Å². The van der Waals surface area contributed by atoms with E-state index < -0.39 is 41.7 Å². The summed E-state index contributed by atoms with van der Waals surface area (Å²) in [5, 5.41) is 5.35. The van der Waals surface area contributed by atoms with E-state index in [9.17, 15) is 27.6 Å². The number of carbonyl (C=O) groups is 3. The molecular weight excluding hydrogens is 453 g/mol. The lowest BCUT2D eigenvalue weighted by atomic mass is 9.91. The number of nitrogens with zero attached hydrogens (tertiary/aromatic N) is 2. The lowest BCUT2D eigenvalue weighted by Crippen LogP contribution is -2.48. The molecule has 11 heteroatoms. The normalized spacial score (nSPS) is 23.8. The van der Waals surface area contributed by atoms with Gasteiger partial charge in [-0.1, -0.05) is 18.2 Å². The number of alkyl halides is 3. The number of rotatable bonds is 6. The number of urea groups is 1. The second-order valence-corrected chi connectivity index (χ2v) is 8.56. The Hall–Kier alpha value is -3.08. The number of hydrogen-bond donors (Lipinski definition) is 2. The molecule has 0 saturated carbocycles. The average Bonchev–Trinajstić information content (AvgIpc) is 3.44. The van der Waals surface area contributed by atoms with E-state index in [-0.39, 0.29) is 30.3 Å². The van der Waals surface area contributed by atoms with Crippen LogP contribution in [-0.4, -0.2) is 66.0 Å². The Balaban J connectivity index is 1.62. The van der Waals surface area contributed by atoms with E-state index in [4.69, 9.17) is 4.74 Å². The molecule has 3 heterocycles. The molecular formula is C23H27F3N4O4. The lowest BCUT2D eigenvalue weighted by Gasteiger charge is -2.33. The average molecular weight is 480 g/mol. The number of hydrogen-bond acceptors (Lipinski definition) is 4. The Morgan fingerprint density at radius 1 is 1.29 bits per heavy atom. The highest BCUT2D eigenvalue weighted by Crippen LogP contribution is 2.41. The largest absolute Gasteiger partial charge is 0.416 e. The van der Waals surface area contributed by atoms with Crippen molar-refractivity contribution < 1.29 is 32.3 Å². The molecule has 1 saturated heterocycles. The maximum absolute atomic E-state index is 13.7. The van der Waals surface area contributed by atoms with Crippen molar-refractivity contribution in [2.45, 2.75) is 51.1 Å². The number of halogens is 3. The van der Waals surface area contributed by atoms with Crippen LogP contribution in [0.15, 0.2) is 35.5 Å². The van der Waals surface area contributed by atoms with Crippen LogP contribution in [0.4, 0.5) is 18.0 Å². The van der Waals surface area contributed by atoms with Gasteiger partial charge < -0.3 is 20.3 Å². The molecule has 0 radical (unpaired) electrons. The molecule has 3 aliphatic heterocycles. The predicted molar refractivity (Wildman–Crippen MR) is 115 cm³/mol. The standard InChI is InChI=1S/C23H27F3N4O4/c1-3-29-17-12-30(13(2)20(31)27-11-14-7-6-10-34-14)21(32)18(17)19(28-22(29)33)15-8-4-5-9-16(15)23(24,25)26/h4-5,8-9,13-14,19H,3,6-7,10-12H2,1-2H3,(H,27,31)(H,28,33). The molecule has 1 aromatic rings. The topological polar surface area (TPSA) is 91.0 Å². The van der Waals surface area contributed by atoms with E-state index in [1.807, 2.05) is 0 Å². The van der Waals surface area contributed by atoms with Crippen molar-refractivity contribution in [3.63, 3.8) is 0 Å². The van der Waals surface area contributed by atoms with Crippen molar-refractivity contribution in [1.82, 2.24) is 20.4 Å². The highest BCUT2D eigenvalue weighted by Gasteiger charge is 2.47. The van der Waals surface area contributed by atoms with Gasteiger partial charge in [0.2, 0.25) is 5.91 Å². The van der Waals surface area contributed by atoms with E-state index in [1.165, 1.54) is 28.0 Å². The highest BCUT2D eigenvalue weighted by atomic mass is 19.4. The van der Waals surface area contributed by atoms with Crippen LogP contribution in [-0.2, 0) is 20.5 Å². The summed E-state index contributed by atoms with van der Waals surface area (Å²) in [6.07, 6.45) is -2.98. The summed E-state index contributed by atoms with van der Waals surface area (Å²) in [4.78, 5) is 41.6. The van der Waals surface area contributed by atoms with Gasteiger partial charge in [-0.2, -0.15) is 13.2 Å². The molecule has 3 atom stereocenters. The molecule has 0 aliphatic carbocycles. The van der Waals surface area contributed by atoms with Crippen LogP contribution >= 0.6 is 0 Å². The second kappa shape index (κ2) is 9.28. The van der Waals surface area contributed by atoms with E-state index in [0.29, 0.717) is 18.8 Å². The first-order valence-electron chi connectivity index (χ1n) is 11.3. The minimum absolute atomic E-state index is 0.0470. The summed E-state index contributed by atoms with van der Waals surface area (Å²) in [7, 11) is 0. The Morgan fingerprint density at radius 2 is 2.03 bits per heavy atom. The third-order valence-electron chi connectivity index (χ3n) is 6.52. The smallest absolute Gasteiger partial charge is 0.376 e. The molecule has 3 unspecified atom stereocenters. The third-order valence-corrected chi connectivity index (χ3v) is 6.52. The van der Waals surface area contributed by atoms with Crippen molar-refractivity contribution in [3.05, 3.63) is 46.7 Å². The van der Waals surface area contributed by atoms with Crippen LogP contribution in [0, 0.1) is 0 Å². The first-order valence-corrected chi connectivity index (χ1v) is 11.3. The number of ether oxygens (including phenoxy) is 1. The van der Waals surface area contributed by atoms with Gasteiger partial charge in [0, 0.05) is 19.7 Å². The van der Waals surface area contributed by atoms with Crippen molar-refractivity contribution >= 4 is 17.8 Å². The molecule has 4 rings (SSSR count). The van der Waals surface area contributed by atoms with Gasteiger partial charge >= 0.3 is 12.2 Å². The van der Waals surface area contributed by atoms with Crippen LogP contribution in [0.1, 0.15) is 43.9 Å². The zero-order chi connectivity index (χ0) is 24.6. The molecule has 0 bridgehead atoms. The zero-order valence-corrected chi connectivity index (χ0v) is 18.9.